The van der Waals surface area contributed by atoms with E-state index < -0.39 is 11.9 Å². The van der Waals surface area contributed by atoms with Crippen molar-refractivity contribution in [3.63, 3.8) is 0 Å². The Labute approximate surface area is 125 Å². The number of carbonyl (C=O) groups is 2. The Morgan fingerprint density at radius 2 is 1.90 bits per heavy atom. The van der Waals surface area contributed by atoms with Gasteiger partial charge in [-0.15, -0.1) is 0 Å². The van der Waals surface area contributed by atoms with Gasteiger partial charge in [-0.2, -0.15) is 10.2 Å². The van der Waals surface area contributed by atoms with Crippen LogP contribution in [0.5, 0.6) is 0 Å². The van der Waals surface area contributed by atoms with Gasteiger partial charge < -0.3 is 10.4 Å². The first kappa shape index (κ1) is 17.1. The molecule has 0 spiro atoms. The number of carboxylic acids is 1. The molecule has 0 aromatic carbocycles. The number of aryl methyl sites for hydroxylation is 2. The molecular weight excluding hydrogens is 270 g/mol. The summed E-state index contributed by atoms with van der Waals surface area (Å²) in [5.74, 6) is -1.82. The molecule has 0 aliphatic heterocycles. The zero-order valence-electron chi connectivity index (χ0n) is 13.2. The Balaban J connectivity index is 2.74. The second-order valence-electron chi connectivity index (χ2n) is 6.49. The smallest absolute Gasteiger partial charge is 0.308 e. The van der Waals surface area contributed by atoms with Gasteiger partial charge in [0.25, 0.3) is 5.91 Å². The number of nitrogens with one attached hydrogen (secondary N) is 1. The Bertz CT molecular complexity index is 535. The van der Waals surface area contributed by atoms with Crippen molar-refractivity contribution in [2.24, 2.45) is 11.3 Å². The summed E-state index contributed by atoms with van der Waals surface area (Å²) in [6, 6.07) is 1.65. The zero-order valence-corrected chi connectivity index (χ0v) is 13.2. The van der Waals surface area contributed by atoms with E-state index in [0.717, 1.165) is 0 Å². The molecule has 0 bridgehead atoms. The second kappa shape index (κ2) is 6.65. The lowest BCUT2D eigenvalue weighted by atomic mass is 9.84. The van der Waals surface area contributed by atoms with Crippen molar-refractivity contribution in [2.75, 3.05) is 6.54 Å². The van der Waals surface area contributed by atoms with Crippen LogP contribution in [0.4, 0.5) is 0 Å². The predicted octanol–water partition coefficient (Wildman–Crippen LogP) is 1.96. The molecule has 0 aliphatic carbocycles. The minimum absolute atomic E-state index is 0.103. The molecule has 1 aromatic rings. The molecule has 1 atom stereocenters. The van der Waals surface area contributed by atoms with Crippen molar-refractivity contribution in [3.8, 4) is 0 Å². The monoisotopic (exact) mass is 293 g/mol. The molecule has 116 valence electrons. The number of carbonyl (C=O) groups excluding carboxylic acids is 1. The molecule has 1 aromatic heterocycles. The topological polar surface area (TPSA) is 92.2 Å². The fourth-order valence-corrected chi connectivity index (χ4v) is 2.08. The van der Waals surface area contributed by atoms with Crippen LogP contribution in [0.1, 0.15) is 48.9 Å². The standard InChI is InChI=1S/C15H23N3O3/c1-9-6-12(10(2)18-17-9)13(19)16-8-11(14(20)21)7-15(3,4)5/h6,11H,7-8H2,1-5H3,(H,16,19)(H,20,21). The van der Waals surface area contributed by atoms with Crippen LogP contribution < -0.4 is 5.32 Å². The normalized spacial score (nSPS) is 12.8. The van der Waals surface area contributed by atoms with Gasteiger partial charge in [0.1, 0.15) is 0 Å². The molecule has 0 radical (unpaired) electrons. The van der Waals surface area contributed by atoms with Crippen LogP contribution in [0.2, 0.25) is 0 Å². The number of hydrogen-bond donors (Lipinski definition) is 2. The van der Waals surface area contributed by atoms with E-state index >= 15 is 0 Å². The molecule has 1 amide bonds. The van der Waals surface area contributed by atoms with Crippen LogP contribution in [0.15, 0.2) is 6.07 Å². The summed E-state index contributed by atoms with van der Waals surface area (Å²) in [5, 5.41) is 19.7. The van der Waals surface area contributed by atoms with E-state index in [1.807, 2.05) is 20.8 Å². The third-order valence-electron chi connectivity index (χ3n) is 3.06. The minimum atomic E-state index is -0.897. The Kier molecular flexibility index (Phi) is 5.41. The summed E-state index contributed by atoms with van der Waals surface area (Å²) < 4.78 is 0. The van der Waals surface area contributed by atoms with Crippen molar-refractivity contribution in [2.45, 2.75) is 41.0 Å². The Morgan fingerprint density at radius 1 is 1.29 bits per heavy atom. The first-order valence-electron chi connectivity index (χ1n) is 6.92. The molecule has 21 heavy (non-hydrogen) atoms. The molecule has 2 N–H and O–H groups in total. The van der Waals surface area contributed by atoms with E-state index in [-0.39, 0.29) is 17.9 Å². The van der Waals surface area contributed by atoms with Crippen LogP contribution in [0, 0.1) is 25.2 Å². The fraction of sp³-hybridized carbons (Fsp3) is 0.600. The maximum absolute atomic E-state index is 12.1. The largest absolute Gasteiger partial charge is 0.481 e. The molecule has 1 heterocycles. The van der Waals surface area contributed by atoms with E-state index in [1.165, 1.54) is 0 Å². The fourth-order valence-electron chi connectivity index (χ4n) is 2.08. The number of nitrogens with zero attached hydrogens (tertiary/aromatic N) is 2. The quantitative estimate of drug-likeness (QED) is 0.865. The highest BCUT2D eigenvalue weighted by molar-refractivity contribution is 5.95. The molecule has 1 rings (SSSR count). The first-order chi connectivity index (χ1) is 9.60. The van der Waals surface area contributed by atoms with Gasteiger partial charge in [-0.3, -0.25) is 9.59 Å². The lowest BCUT2D eigenvalue weighted by molar-refractivity contribution is -0.142. The van der Waals surface area contributed by atoms with Gasteiger partial charge in [0.2, 0.25) is 0 Å². The number of aromatic nitrogens is 2. The molecule has 1 unspecified atom stereocenters. The predicted molar refractivity (Wildman–Crippen MR) is 79.0 cm³/mol. The molecule has 0 aliphatic rings. The summed E-state index contributed by atoms with van der Waals surface area (Å²) in [5.41, 5.74) is 1.50. The highest BCUT2D eigenvalue weighted by Crippen LogP contribution is 2.24. The van der Waals surface area contributed by atoms with Crippen LogP contribution in [0.25, 0.3) is 0 Å². The van der Waals surface area contributed by atoms with Crippen molar-refractivity contribution >= 4 is 11.9 Å². The average molecular weight is 293 g/mol. The molecule has 6 nitrogen and oxygen atoms in total. The summed E-state index contributed by atoms with van der Waals surface area (Å²) in [6.07, 6.45) is 0.495. The van der Waals surface area contributed by atoms with Crippen molar-refractivity contribution < 1.29 is 14.7 Å². The third kappa shape index (κ3) is 5.49. The molecular formula is C15H23N3O3. The number of rotatable bonds is 5. The maximum atomic E-state index is 12.1. The van der Waals surface area contributed by atoms with Crippen LogP contribution in [-0.2, 0) is 4.79 Å². The minimum Gasteiger partial charge on any atom is -0.481 e. The van der Waals surface area contributed by atoms with Crippen LogP contribution in [0.3, 0.4) is 0 Å². The Hall–Kier alpha value is -1.98. The second-order valence-corrected chi connectivity index (χ2v) is 6.49. The van der Waals surface area contributed by atoms with Gasteiger partial charge in [0, 0.05) is 6.54 Å². The lowest BCUT2D eigenvalue weighted by Gasteiger charge is -2.23. The van der Waals surface area contributed by atoms with Crippen LogP contribution in [-0.4, -0.2) is 33.7 Å². The van der Waals surface area contributed by atoms with Gasteiger partial charge in [0.05, 0.1) is 22.9 Å². The van der Waals surface area contributed by atoms with E-state index in [1.54, 1.807) is 19.9 Å². The van der Waals surface area contributed by atoms with Gasteiger partial charge in [-0.1, -0.05) is 20.8 Å². The zero-order chi connectivity index (χ0) is 16.2. The van der Waals surface area contributed by atoms with Crippen molar-refractivity contribution in [1.82, 2.24) is 15.5 Å². The van der Waals surface area contributed by atoms with Gasteiger partial charge in [-0.25, -0.2) is 0 Å². The maximum Gasteiger partial charge on any atom is 0.308 e. The highest BCUT2D eigenvalue weighted by Gasteiger charge is 2.25. The number of hydrogen-bond acceptors (Lipinski definition) is 4. The molecule has 0 fully saturated rings. The van der Waals surface area contributed by atoms with Crippen molar-refractivity contribution in [3.05, 3.63) is 23.0 Å². The number of amides is 1. The van der Waals surface area contributed by atoms with E-state index in [0.29, 0.717) is 23.4 Å². The summed E-state index contributed by atoms with van der Waals surface area (Å²) >= 11 is 0. The van der Waals surface area contributed by atoms with Gasteiger partial charge >= 0.3 is 5.97 Å². The SMILES string of the molecule is Cc1cc(C(=O)NCC(CC(C)(C)C)C(=O)O)c(C)nn1. The lowest BCUT2D eigenvalue weighted by Crippen LogP contribution is -2.35. The van der Waals surface area contributed by atoms with Crippen LogP contribution >= 0.6 is 0 Å². The third-order valence-corrected chi connectivity index (χ3v) is 3.06. The van der Waals surface area contributed by atoms with E-state index in [4.69, 9.17) is 0 Å². The van der Waals surface area contributed by atoms with Gasteiger partial charge in [-0.05, 0) is 31.7 Å². The molecule has 0 saturated heterocycles. The summed E-state index contributed by atoms with van der Waals surface area (Å²) in [7, 11) is 0. The van der Waals surface area contributed by atoms with Crippen molar-refractivity contribution in [1.29, 1.82) is 0 Å². The summed E-state index contributed by atoms with van der Waals surface area (Å²) in [6.45, 7) is 9.49. The molecule has 6 heteroatoms. The number of aliphatic carboxylic acids is 1. The molecule has 0 saturated carbocycles. The van der Waals surface area contributed by atoms with E-state index in [9.17, 15) is 14.7 Å². The summed E-state index contributed by atoms with van der Waals surface area (Å²) in [4.78, 5) is 23.4. The van der Waals surface area contributed by atoms with E-state index in [2.05, 4.69) is 15.5 Å². The Morgan fingerprint density at radius 3 is 2.43 bits per heavy atom. The van der Waals surface area contributed by atoms with Gasteiger partial charge in [0.15, 0.2) is 0 Å². The highest BCUT2D eigenvalue weighted by atomic mass is 16.4. The first-order valence-corrected chi connectivity index (χ1v) is 6.92. The number of carboxylic acid groups (broad SMARTS) is 1. The average Bonchev–Trinajstić information content (AvgIpc) is 2.35.